The smallest absolute Gasteiger partial charge is 0.323 e. The van der Waals surface area contributed by atoms with E-state index in [-0.39, 0.29) is 11.8 Å². The molecule has 0 unspecified atom stereocenters. The van der Waals surface area contributed by atoms with Crippen molar-refractivity contribution in [1.82, 2.24) is 15.1 Å². The molecule has 3 aromatic rings. The van der Waals surface area contributed by atoms with Gasteiger partial charge in [0.05, 0.1) is 7.11 Å². The molecule has 0 atom stereocenters. The van der Waals surface area contributed by atoms with Crippen molar-refractivity contribution in [1.29, 1.82) is 0 Å². The van der Waals surface area contributed by atoms with Gasteiger partial charge in [-0.1, -0.05) is 35.6 Å². The molecule has 1 heterocycles. The molecule has 8 heteroatoms. The van der Waals surface area contributed by atoms with Gasteiger partial charge in [-0.3, -0.25) is 5.32 Å². The fourth-order valence-electron chi connectivity index (χ4n) is 2.45. The molecule has 0 saturated carbocycles. The summed E-state index contributed by atoms with van der Waals surface area (Å²) in [5.74, 6) is 0.483. The molecule has 0 aliphatic rings. The van der Waals surface area contributed by atoms with E-state index in [1.165, 1.54) is 28.4 Å². The first kappa shape index (κ1) is 18.8. The maximum atomic E-state index is 13.0. The molecule has 2 aromatic carbocycles. The van der Waals surface area contributed by atoms with Gasteiger partial charge in [-0.05, 0) is 35.4 Å². The van der Waals surface area contributed by atoms with Crippen LogP contribution in [0.1, 0.15) is 16.1 Å². The van der Waals surface area contributed by atoms with Gasteiger partial charge in [0, 0.05) is 20.0 Å². The first-order valence-electron chi connectivity index (χ1n) is 8.25. The minimum atomic E-state index is -0.303. The van der Waals surface area contributed by atoms with Crippen molar-refractivity contribution in [2.45, 2.75) is 13.0 Å². The molecular formula is C19H19FN4O2S. The average Bonchev–Trinajstić information content (AvgIpc) is 3.10. The predicted molar refractivity (Wildman–Crippen MR) is 103 cm³/mol. The molecule has 0 radical (unpaired) electrons. The van der Waals surface area contributed by atoms with E-state index in [1.807, 2.05) is 24.3 Å². The van der Waals surface area contributed by atoms with Crippen molar-refractivity contribution in [3.05, 3.63) is 70.5 Å². The minimum Gasteiger partial charge on any atom is -0.497 e. The molecule has 0 aliphatic heterocycles. The van der Waals surface area contributed by atoms with Gasteiger partial charge in [-0.15, -0.1) is 10.2 Å². The van der Waals surface area contributed by atoms with Gasteiger partial charge in [-0.2, -0.15) is 0 Å². The Morgan fingerprint density at radius 2 is 1.96 bits per heavy atom. The fourth-order valence-corrected chi connectivity index (χ4v) is 3.22. The van der Waals surface area contributed by atoms with Crippen LogP contribution in [0.2, 0.25) is 0 Å². The molecule has 0 spiro atoms. The van der Waals surface area contributed by atoms with Crippen LogP contribution >= 0.6 is 11.3 Å². The highest BCUT2D eigenvalue weighted by Gasteiger charge is 2.13. The number of ether oxygens (including phenoxy) is 1. The van der Waals surface area contributed by atoms with Crippen LogP contribution in [0.25, 0.3) is 0 Å². The van der Waals surface area contributed by atoms with Crippen LogP contribution in [0, 0.1) is 5.82 Å². The number of carbonyl (C=O) groups excluding carboxylic acids is 1. The Kier molecular flexibility index (Phi) is 5.97. The summed E-state index contributed by atoms with van der Waals surface area (Å²) in [5.41, 5.74) is 1.89. The zero-order valence-electron chi connectivity index (χ0n) is 15.0. The van der Waals surface area contributed by atoms with Gasteiger partial charge in [0.1, 0.15) is 16.6 Å². The van der Waals surface area contributed by atoms with Crippen molar-refractivity contribution < 1.29 is 13.9 Å². The van der Waals surface area contributed by atoms with Crippen LogP contribution < -0.4 is 10.1 Å². The van der Waals surface area contributed by atoms with Crippen LogP contribution in [-0.2, 0) is 13.0 Å². The second-order valence-corrected chi connectivity index (χ2v) is 7.00. The molecule has 3 rings (SSSR count). The number of benzene rings is 2. The molecule has 6 nitrogen and oxygen atoms in total. The summed E-state index contributed by atoms with van der Waals surface area (Å²) in [6.45, 7) is 0.363. The summed E-state index contributed by atoms with van der Waals surface area (Å²) in [4.78, 5) is 13.8. The number of carbonyl (C=O) groups is 1. The van der Waals surface area contributed by atoms with Crippen molar-refractivity contribution in [3.8, 4) is 5.75 Å². The SMILES string of the molecule is COc1cccc(Cc2nnc(NC(=O)N(C)Cc3ccc(F)cc3)s2)c1. The second-order valence-electron chi connectivity index (χ2n) is 5.94. The maximum Gasteiger partial charge on any atom is 0.323 e. The molecule has 2 amide bonds. The number of halogens is 1. The van der Waals surface area contributed by atoms with Crippen LogP contribution in [-0.4, -0.2) is 35.3 Å². The van der Waals surface area contributed by atoms with Crippen LogP contribution in [0.4, 0.5) is 14.3 Å². The largest absolute Gasteiger partial charge is 0.497 e. The summed E-state index contributed by atoms with van der Waals surface area (Å²) in [7, 11) is 3.29. The van der Waals surface area contributed by atoms with E-state index in [9.17, 15) is 9.18 Å². The topological polar surface area (TPSA) is 67.4 Å². The van der Waals surface area contributed by atoms with Crippen LogP contribution in [0.15, 0.2) is 48.5 Å². The lowest BCUT2D eigenvalue weighted by atomic mass is 10.1. The van der Waals surface area contributed by atoms with Gasteiger partial charge in [0.25, 0.3) is 0 Å². The van der Waals surface area contributed by atoms with Gasteiger partial charge >= 0.3 is 6.03 Å². The minimum absolute atomic E-state index is 0.302. The predicted octanol–water partition coefficient (Wildman–Crippen LogP) is 3.94. The van der Waals surface area contributed by atoms with E-state index in [4.69, 9.17) is 4.74 Å². The zero-order chi connectivity index (χ0) is 19.2. The summed E-state index contributed by atoms with van der Waals surface area (Å²) < 4.78 is 18.2. The van der Waals surface area contributed by atoms with Gasteiger partial charge in [0.2, 0.25) is 5.13 Å². The third-order valence-electron chi connectivity index (χ3n) is 3.85. The van der Waals surface area contributed by atoms with Crippen LogP contribution in [0.5, 0.6) is 5.75 Å². The van der Waals surface area contributed by atoms with Gasteiger partial charge in [-0.25, -0.2) is 9.18 Å². The van der Waals surface area contributed by atoms with E-state index in [0.717, 1.165) is 21.9 Å². The lowest BCUT2D eigenvalue weighted by molar-refractivity contribution is 0.220. The molecule has 0 fully saturated rings. The number of hydrogen-bond donors (Lipinski definition) is 1. The second kappa shape index (κ2) is 8.59. The van der Waals surface area contributed by atoms with E-state index >= 15 is 0 Å². The average molecular weight is 386 g/mol. The van der Waals surface area contributed by atoms with Crippen LogP contribution in [0.3, 0.4) is 0 Å². The van der Waals surface area contributed by atoms with E-state index in [2.05, 4.69) is 15.5 Å². The Labute approximate surface area is 160 Å². The fraction of sp³-hybridized carbons (Fsp3) is 0.211. The van der Waals surface area contributed by atoms with Crippen molar-refractivity contribution >= 4 is 22.5 Å². The summed E-state index contributed by atoms with van der Waals surface area (Å²) >= 11 is 1.32. The number of urea groups is 1. The number of rotatable bonds is 6. The number of nitrogens with one attached hydrogen (secondary N) is 1. The molecule has 1 N–H and O–H groups in total. The number of anilines is 1. The Hall–Kier alpha value is -3.00. The third-order valence-corrected chi connectivity index (χ3v) is 4.69. The lowest BCUT2D eigenvalue weighted by Gasteiger charge is -2.16. The highest BCUT2D eigenvalue weighted by Crippen LogP contribution is 2.21. The van der Waals surface area contributed by atoms with Crippen molar-refractivity contribution in [2.24, 2.45) is 0 Å². The standard InChI is InChI=1S/C19H19FN4O2S/c1-24(12-13-6-8-15(20)9-7-13)19(25)21-18-23-22-17(27-18)11-14-4-3-5-16(10-14)26-2/h3-10H,11-12H2,1-2H3,(H,21,23,25). The molecule has 0 bridgehead atoms. The quantitative estimate of drug-likeness (QED) is 0.697. The monoisotopic (exact) mass is 386 g/mol. The van der Waals surface area contributed by atoms with Gasteiger partial charge in [0.15, 0.2) is 0 Å². The summed E-state index contributed by atoms with van der Waals surface area (Å²) in [5, 5.41) is 12.1. The summed E-state index contributed by atoms with van der Waals surface area (Å²) in [6.07, 6.45) is 0.607. The van der Waals surface area contributed by atoms with E-state index in [1.54, 1.807) is 26.3 Å². The Balaban J connectivity index is 1.57. The molecular weight excluding hydrogens is 367 g/mol. The number of hydrogen-bond acceptors (Lipinski definition) is 5. The van der Waals surface area contributed by atoms with E-state index in [0.29, 0.717) is 18.1 Å². The Bertz CT molecular complexity index is 914. The number of methoxy groups -OCH3 is 1. The highest BCUT2D eigenvalue weighted by atomic mass is 32.1. The third kappa shape index (κ3) is 5.24. The Morgan fingerprint density at radius 3 is 2.70 bits per heavy atom. The molecule has 27 heavy (non-hydrogen) atoms. The first-order chi connectivity index (χ1) is 13.0. The first-order valence-corrected chi connectivity index (χ1v) is 9.07. The lowest BCUT2D eigenvalue weighted by Crippen LogP contribution is -2.30. The number of amides is 2. The molecule has 0 saturated heterocycles. The molecule has 140 valence electrons. The molecule has 0 aliphatic carbocycles. The zero-order valence-corrected chi connectivity index (χ0v) is 15.8. The number of aromatic nitrogens is 2. The normalized spacial score (nSPS) is 10.5. The van der Waals surface area contributed by atoms with Crippen molar-refractivity contribution in [3.63, 3.8) is 0 Å². The highest BCUT2D eigenvalue weighted by molar-refractivity contribution is 7.15. The van der Waals surface area contributed by atoms with E-state index < -0.39 is 0 Å². The number of nitrogens with zero attached hydrogens (tertiary/aromatic N) is 3. The van der Waals surface area contributed by atoms with Gasteiger partial charge < -0.3 is 9.64 Å². The maximum absolute atomic E-state index is 13.0. The summed E-state index contributed by atoms with van der Waals surface area (Å²) in [6, 6.07) is 13.5. The molecule has 1 aromatic heterocycles. The Morgan fingerprint density at radius 1 is 1.19 bits per heavy atom. The van der Waals surface area contributed by atoms with Crippen molar-refractivity contribution in [2.75, 3.05) is 19.5 Å².